The Kier molecular flexibility index (Phi) is 7.26. The van der Waals surface area contributed by atoms with E-state index >= 15 is 0 Å². The summed E-state index contributed by atoms with van der Waals surface area (Å²) >= 11 is 0. The molecule has 5 rings (SSSR count). The quantitative estimate of drug-likeness (QED) is 0.184. The first-order valence-corrected chi connectivity index (χ1v) is 11.8. The van der Waals surface area contributed by atoms with Crippen molar-refractivity contribution in [1.29, 1.82) is 0 Å². The van der Waals surface area contributed by atoms with Gasteiger partial charge in [-0.3, -0.25) is 0 Å². The molecule has 0 bridgehead atoms. The standard InChI is InChI=1S/C32H26N4/c1-4-10-28(11-5-1)35-29-20-16-26(17-21-29)24-33-34-25-27-18-22-32(23-19-27)36(30-12-6-2-7-13-30)31-14-8-3-9-15-31/h1-25,35H/b33-24+,34-25+. The van der Waals surface area contributed by atoms with Gasteiger partial charge < -0.3 is 10.2 Å². The molecule has 0 atom stereocenters. The summed E-state index contributed by atoms with van der Waals surface area (Å²) in [6, 6.07) is 47.2. The van der Waals surface area contributed by atoms with E-state index in [1.807, 2.05) is 66.7 Å². The van der Waals surface area contributed by atoms with Crippen LogP contribution in [0.15, 0.2) is 150 Å². The minimum absolute atomic E-state index is 0.986. The second-order valence-electron chi connectivity index (χ2n) is 8.20. The molecule has 0 amide bonds. The van der Waals surface area contributed by atoms with Gasteiger partial charge in [0.25, 0.3) is 0 Å². The number of para-hydroxylation sites is 3. The molecule has 174 valence electrons. The smallest absolute Gasteiger partial charge is 0.0568 e. The number of hydrogen-bond acceptors (Lipinski definition) is 4. The van der Waals surface area contributed by atoms with Crippen molar-refractivity contribution < 1.29 is 0 Å². The lowest BCUT2D eigenvalue weighted by Gasteiger charge is -2.25. The summed E-state index contributed by atoms with van der Waals surface area (Å²) in [5.74, 6) is 0. The zero-order chi connectivity index (χ0) is 24.4. The van der Waals surface area contributed by atoms with Crippen molar-refractivity contribution in [2.75, 3.05) is 10.2 Å². The van der Waals surface area contributed by atoms with Gasteiger partial charge in [-0.2, -0.15) is 10.2 Å². The number of anilines is 5. The van der Waals surface area contributed by atoms with Crippen LogP contribution in [0.5, 0.6) is 0 Å². The van der Waals surface area contributed by atoms with Gasteiger partial charge in [-0.1, -0.05) is 78.9 Å². The van der Waals surface area contributed by atoms with E-state index in [1.165, 1.54) is 0 Å². The van der Waals surface area contributed by atoms with E-state index in [2.05, 4.69) is 93.2 Å². The van der Waals surface area contributed by atoms with E-state index in [4.69, 9.17) is 0 Å². The van der Waals surface area contributed by atoms with E-state index in [0.717, 1.165) is 39.6 Å². The van der Waals surface area contributed by atoms with E-state index in [-0.39, 0.29) is 0 Å². The first-order chi connectivity index (χ1) is 17.8. The Hall–Kier alpha value is -4.96. The van der Waals surface area contributed by atoms with Crippen LogP contribution in [0.25, 0.3) is 0 Å². The van der Waals surface area contributed by atoms with E-state index < -0.39 is 0 Å². The summed E-state index contributed by atoms with van der Waals surface area (Å²) in [6.45, 7) is 0. The third-order valence-corrected chi connectivity index (χ3v) is 5.63. The fraction of sp³-hybridized carbons (Fsp3) is 0. The van der Waals surface area contributed by atoms with Crippen molar-refractivity contribution in [3.05, 3.63) is 151 Å². The Morgan fingerprint density at radius 1 is 0.417 bits per heavy atom. The number of nitrogens with one attached hydrogen (secondary N) is 1. The molecule has 0 aliphatic rings. The van der Waals surface area contributed by atoms with Gasteiger partial charge in [0, 0.05) is 28.4 Å². The monoisotopic (exact) mass is 466 g/mol. The summed E-state index contributed by atoms with van der Waals surface area (Å²) in [5, 5.41) is 11.8. The van der Waals surface area contributed by atoms with Gasteiger partial charge in [0.1, 0.15) is 0 Å². The van der Waals surface area contributed by atoms with Crippen molar-refractivity contribution in [2.45, 2.75) is 0 Å². The maximum absolute atomic E-state index is 4.23. The van der Waals surface area contributed by atoms with Crippen LogP contribution in [0.3, 0.4) is 0 Å². The van der Waals surface area contributed by atoms with Crippen LogP contribution in [0.2, 0.25) is 0 Å². The Balaban J connectivity index is 1.24. The lowest BCUT2D eigenvalue weighted by atomic mass is 10.1. The minimum Gasteiger partial charge on any atom is -0.356 e. The Morgan fingerprint density at radius 2 is 0.806 bits per heavy atom. The van der Waals surface area contributed by atoms with E-state index in [9.17, 15) is 0 Å². The molecule has 0 aliphatic heterocycles. The highest BCUT2D eigenvalue weighted by molar-refractivity contribution is 5.84. The third-order valence-electron chi connectivity index (χ3n) is 5.63. The second-order valence-corrected chi connectivity index (χ2v) is 8.20. The van der Waals surface area contributed by atoms with Crippen LogP contribution < -0.4 is 10.2 Å². The Morgan fingerprint density at radius 3 is 1.31 bits per heavy atom. The third kappa shape index (κ3) is 5.93. The molecule has 0 aromatic heterocycles. The molecule has 0 spiro atoms. The first-order valence-electron chi connectivity index (χ1n) is 11.8. The van der Waals surface area contributed by atoms with Crippen molar-refractivity contribution in [1.82, 2.24) is 0 Å². The van der Waals surface area contributed by atoms with E-state index in [1.54, 1.807) is 12.4 Å². The highest BCUT2D eigenvalue weighted by Crippen LogP contribution is 2.33. The molecule has 36 heavy (non-hydrogen) atoms. The molecule has 1 N–H and O–H groups in total. The molecular weight excluding hydrogens is 440 g/mol. The average molecular weight is 467 g/mol. The van der Waals surface area contributed by atoms with Crippen LogP contribution in [-0.2, 0) is 0 Å². The SMILES string of the molecule is C(=N\N=C\c1ccc(N(c2ccccc2)c2ccccc2)cc1)/c1ccc(Nc2ccccc2)cc1. The van der Waals surface area contributed by atoms with Crippen LogP contribution in [0.1, 0.15) is 11.1 Å². The van der Waals surface area contributed by atoms with Crippen molar-refractivity contribution in [3.8, 4) is 0 Å². The van der Waals surface area contributed by atoms with Crippen molar-refractivity contribution in [2.24, 2.45) is 10.2 Å². The lowest BCUT2D eigenvalue weighted by Crippen LogP contribution is -2.09. The summed E-state index contributed by atoms with van der Waals surface area (Å²) < 4.78 is 0. The number of nitrogens with zero attached hydrogens (tertiary/aromatic N) is 3. The van der Waals surface area contributed by atoms with Crippen LogP contribution >= 0.6 is 0 Å². The predicted molar refractivity (Wildman–Crippen MR) is 152 cm³/mol. The number of hydrogen-bond donors (Lipinski definition) is 1. The zero-order valence-electron chi connectivity index (χ0n) is 19.8. The normalized spacial score (nSPS) is 11.1. The van der Waals surface area contributed by atoms with Gasteiger partial charge >= 0.3 is 0 Å². The molecule has 4 nitrogen and oxygen atoms in total. The van der Waals surface area contributed by atoms with Crippen molar-refractivity contribution in [3.63, 3.8) is 0 Å². The molecule has 0 saturated carbocycles. The van der Waals surface area contributed by atoms with Gasteiger partial charge in [-0.25, -0.2) is 0 Å². The molecule has 0 heterocycles. The molecular formula is C32H26N4. The first kappa shape index (κ1) is 22.8. The molecule has 4 heteroatoms. The van der Waals surface area contributed by atoms with Crippen LogP contribution in [0, 0.1) is 0 Å². The summed E-state index contributed by atoms with van der Waals surface area (Å²) in [6.07, 6.45) is 3.52. The van der Waals surface area contributed by atoms with Gasteiger partial charge in [0.15, 0.2) is 0 Å². The van der Waals surface area contributed by atoms with Gasteiger partial charge in [-0.15, -0.1) is 0 Å². The highest BCUT2D eigenvalue weighted by Gasteiger charge is 2.11. The predicted octanol–water partition coefficient (Wildman–Crippen LogP) is 8.35. The molecule has 0 saturated heterocycles. The summed E-state index contributed by atoms with van der Waals surface area (Å²) in [4.78, 5) is 2.23. The maximum Gasteiger partial charge on any atom is 0.0568 e. The van der Waals surface area contributed by atoms with Gasteiger partial charge in [0.2, 0.25) is 0 Å². The summed E-state index contributed by atoms with van der Waals surface area (Å²) in [5.41, 5.74) is 7.37. The Bertz CT molecular complexity index is 1370. The molecule has 5 aromatic carbocycles. The molecule has 0 fully saturated rings. The number of rotatable bonds is 8. The van der Waals surface area contributed by atoms with E-state index in [0.29, 0.717) is 0 Å². The van der Waals surface area contributed by atoms with Gasteiger partial charge in [-0.05, 0) is 71.8 Å². The lowest BCUT2D eigenvalue weighted by molar-refractivity contribution is 1.26. The second kappa shape index (κ2) is 11.4. The largest absolute Gasteiger partial charge is 0.356 e. The minimum atomic E-state index is 0.986. The molecule has 5 aromatic rings. The van der Waals surface area contributed by atoms with Gasteiger partial charge in [0.05, 0.1) is 12.4 Å². The molecule has 0 unspecified atom stereocenters. The average Bonchev–Trinajstić information content (AvgIpc) is 2.95. The van der Waals surface area contributed by atoms with Crippen LogP contribution in [-0.4, -0.2) is 12.4 Å². The maximum atomic E-state index is 4.23. The highest BCUT2D eigenvalue weighted by atomic mass is 15.2. The fourth-order valence-electron chi connectivity index (χ4n) is 3.85. The fourth-order valence-corrected chi connectivity index (χ4v) is 3.85. The molecule has 0 aliphatic carbocycles. The number of benzene rings is 5. The zero-order valence-corrected chi connectivity index (χ0v) is 19.8. The Labute approximate surface area is 211 Å². The van der Waals surface area contributed by atoms with Crippen LogP contribution in [0.4, 0.5) is 28.4 Å². The van der Waals surface area contributed by atoms with Crippen molar-refractivity contribution >= 4 is 40.9 Å². The topological polar surface area (TPSA) is 40.0 Å². The molecule has 0 radical (unpaired) electrons. The summed E-state index contributed by atoms with van der Waals surface area (Å²) in [7, 11) is 0.